The Kier molecular flexibility index (Phi) is 3.73. The minimum Gasteiger partial charge on any atom is -0.407 e. The number of hydrogen-bond donors (Lipinski definition) is 0. The van der Waals surface area contributed by atoms with Crippen molar-refractivity contribution in [3.8, 4) is 0 Å². The molecule has 0 amide bonds. The van der Waals surface area contributed by atoms with Gasteiger partial charge in [0, 0.05) is 18.6 Å². The molecular weight excluding hydrogens is 337 g/mol. The van der Waals surface area contributed by atoms with Gasteiger partial charge < -0.3 is 9.31 Å². The van der Waals surface area contributed by atoms with Crippen LogP contribution in [0.15, 0.2) is 21.3 Å². The van der Waals surface area contributed by atoms with Crippen LogP contribution in [-0.2, 0) is 9.31 Å². The van der Waals surface area contributed by atoms with Crippen molar-refractivity contribution in [3.63, 3.8) is 0 Å². The number of halogens is 2. The highest BCUT2D eigenvalue weighted by Crippen LogP contribution is 2.22. The van der Waals surface area contributed by atoms with Crippen molar-refractivity contribution in [3.05, 3.63) is 21.3 Å². The number of aromatic nitrogens is 1. The van der Waals surface area contributed by atoms with Gasteiger partial charge in [0.25, 0.3) is 0 Å². The third-order valence-corrected chi connectivity index (χ3v) is 3.12. The second-order valence-corrected chi connectivity index (χ2v) is 6.29. The molecule has 0 spiro atoms. The predicted molar refractivity (Wildman–Crippen MR) is 70.7 cm³/mol. The van der Waals surface area contributed by atoms with Gasteiger partial charge in [-0.15, -0.1) is 0 Å². The van der Waals surface area contributed by atoms with E-state index in [1.54, 1.807) is 0 Å². The Morgan fingerprint density at radius 1 is 1.19 bits per heavy atom. The Balaban J connectivity index is 2.14. The molecule has 1 fully saturated rings. The molecule has 16 heavy (non-hydrogen) atoms. The van der Waals surface area contributed by atoms with Crippen LogP contribution in [0.5, 0.6) is 0 Å². The lowest BCUT2D eigenvalue weighted by molar-refractivity contribution is 0.0343. The molecule has 0 saturated carbocycles. The van der Waals surface area contributed by atoms with Crippen LogP contribution >= 0.6 is 31.9 Å². The van der Waals surface area contributed by atoms with E-state index in [1.807, 2.05) is 12.1 Å². The smallest absolute Gasteiger partial charge is 0.407 e. The van der Waals surface area contributed by atoms with Crippen LogP contribution in [0.3, 0.4) is 0 Å². The second kappa shape index (κ2) is 4.76. The molecule has 3 nitrogen and oxygen atoms in total. The van der Waals surface area contributed by atoms with E-state index in [2.05, 4.69) is 50.7 Å². The third kappa shape index (κ3) is 3.06. The molecule has 0 aliphatic carbocycles. The maximum atomic E-state index is 5.70. The summed E-state index contributed by atoms with van der Waals surface area (Å²) in [4.78, 5) is 4.18. The molecule has 1 aromatic heterocycles. The van der Waals surface area contributed by atoms with Gasteiger partial charge in [-0.3, -0.25) is 0 Å². The van der Waals surface area contributed by atoms with E-state index in [0.29, 0.717) is 13.2 Å². The summed E-state index contributed by atoms with van der Waals surface area (Å²) in [6.07, 6.45) is 0. The zero-order valence-corrected chi connectivity index (χ0v) is 12.3. The van der Waals surface area contributed by atoms with Crippen molar-refractivity contribution in [1.29, 1.82) is 0 Å². The molecule has 0 atom stereocenters. The average Bonchev–Trinajstić information content (AvgIpc) is 2.15. The van der Waals surface area contributed by atoms with Crippen LogP contribution in [0.4, 0.5) is 0 Å². The average molecular weight is 349 g/mol. The standard InChI is InChI=1S/C10H12BBr2NO2/c1-10(2)5-15-11(16-6-10)7-3-8(12)14-9(13)4-7/h3-4H,5-6H2,1-2H3. The Morgan fingerprint density at radius 3 is 2.19 bits per heavy atom. The summed E-state index contributed by atoms with van der Waals surface area (Å²) in [6, 6.07) is 3.82. The quantitative estimate of drug-likeness (QED) is 0.577. The van der Waals surface area contributed by atoms with Crippen LogP contribution in [0.1, 0.15) is 13.8 Å². The van der Waals surface area contributed by atoms with Crippen molar-refractivity contribution in [2.45, 2.75) is 13.8 Å². The minimum atomic E-state index is -0.288. The summed E-state index contributed by atoms with van der Waals surface area (Å²) in [5.74, 6) is 0. The largest absolute Gasteiger partial charge is 0.494 e. The van der Waals surface area contributed by atoms with E-state index in [0.717, 1.165) is 14.7 Å². The summed E-state index contributed by atoms with van der Waals surface area (Å²) in [5.41, 5.74) is 1.07. The van der Waals surface area contributed by atoms with Crippen molar-refractivity contribution < 1.29 is 9.31 Å². The predicted octanol–water partition coefficient (Wildman–Crippen LogP) is 2.37. The Hall–Kier alpha value is 0.0949. The molecule has 0 N–H and O–H groups in total. The van der Waals surface area contributed by atoms with E-state index >= 15 is 0 Å². The lowest BCUT2D eigenvalue weighted by Crippen LogP contribution is -2.47. The lowest BCUT2D eigenvalue weighted by atomic mass is 9.76. The fraction of sp³-hybridized carbons (Fsp3) is 0.500. The molecule has 1 aliphatic heterocycles. The van der Waals surface area contributed by atoms with Crippen molar-refractivity contribution >= 4 is 44.4 Å². The van der Waals surface area contributed by atoms with E-state index in [4.69, 9.17) is 9.31 Å². The summed E-state index contributed by atoms with van der Waals surface area (Å²) >= 11 is 6.70. The molecule has 2 heterocycles. The van der Waals surface area contributed by atoms with Crippen LogP contribution in [0, 0.1) is 5.41 Å². The van der Waals surface area contributed by atoms with Crippen LogP contribution in [-0.4, -0.2) is 25.3 Å². The van der Waals surface area contributed by atoms with Gasteiger partial charge in [-0.25, -0.2) is 4.98 Å². The minimum absolute atomic E-state index is 0.0952. The number of hydrogen-bond acceptors (Lipinski definition) is 3. The van der Waals surface area contributed by atoms with Gasteiger partial charge in [-0.1, -0.05) is 13.8 Å². The topological polar surface area (TPSA) is 31.4 Å². The highest BCUT2D eigenvalue weighted by Gasteiger charge is 2.33. The Bertz CT molecular complexity index is 370. The molecular formula is C10H12BBr2NO2. The SMILES string of the molecule is CC1(C)COB(c2cc(Br)nc(Br)c2)OC1. The molecule has 2 rings (SSSR count). The first-order valence-electron chi connectivity index (χ1n) is 5.02. The first kappa shape index (κ1) is 12.5. The van der Waals surface area contributed by atoms with Crippen LogP contribution < -0.4 is 5.46 Å². The van der Waals surface area contributed by atoms with Gasteiger partial charge in [0.2, 0.25) is 0 Å². The van der Waals surface area contributed by atoms with Crippen molar-refractivity contribution in [2.24, 2.45) is 5.41 Å². The second-order valence-electron chi connectivity index (χ2n) is 4.66. The number of nitrogens with zero attached hydrogens (tertiary/aromatic N) is 1. The highest BCUT2D eigenvalue weighted by molar-refractivity contribution is 9.11. The molecule has 1 aliphatic rings. The third-order valence-electron chi connectivity index (χ3n) is 2.31. The lowest BCUT2D eigenvalue weighted by Gasteiger charge is -2.33. The molecule has 0 aromatic carbocycles. The van der Waals surface area contributed by atoms with Gasteiger partial charge in [-0.05, 0) is 49.5 Å². The molecule has 0 radical (unpaired) electrons. The van der Waals surface area contributed by atoms with Crippen LogP contribution in [0.25, 0.3) is 0 Å². The highest BCUT2D eigenvalue weighted by atomic mass is 79.9. The first-order valence-corrected chi connectivity index (χ1v) is 6.61. The van der Waals surface area contributed by atoms with E-state index in [9.17, 15) is 0 Å². The summed E-state index contributed by atoms with van der Waals surface area (Å²) < 4.78 is 12.9. The fourth-order valence-corrected chi connectivity index (χ4v) is 2.65. The van der Waals surface area contributed by atoms with Gasteiger partial charge in [0.15, 0.2) is 0 Å². The first-order chi connectivity index (χ1) is 7.46. The molecule has 6 heteroatoms. The molecule has 1 saturated heterocycles. The summed E-state index contributed by atoms with van der Waals surface area (Å²) in [7, 11) is -0.288. The zero-order valence-electron chi connectivity index (χ0n) is 9.17. The van der Waals surface area contributed by atoms with Gasteiger partial charge >= 0.3 is 7.12 Å². The molecule has 0 bridgehead atoms. The van der Waals surface area contributed by atoms with Gasteiger partial charge in [0.1, 0.15) is 9.21 Å². The maximum Gasteiger partial charge on any atom is 0.494 e. The molecule has 86 valence electrons. The van der Waals surface area contributed by atoms with E-state index in [-0.39, 0.29) is 12.5 Å². The number of pyridine rings is 1. The maximum absolute atomic E-state index is 5.70. The molecule has 1 aromatic rings. The van der Waals surface area contributed by atoms with Gasteiger partial charge in [0.05, 0.1) is 0 Å². The van der Waals surface area contributed by atoms with E-state index < -0.39 is 0 Å². The summed E-state index contributed by atoms with van der Waals surface area (Å²) in [6.45, 7) is 5.66. The summed E-state index contributed by atoms with van der Waals surface area (Å²) in [5, 5.41) is 0. The molecule has 0 unspecified atom stereocenters. The Morgan fingerprint density at radius 2 is 1.69 bits per heavy atom. The fourth-order valence-electron chi connectivity index (χ4n) is 1.50. The van der Waals surface area contributed by atoms with Crippen molar-refractivity contribution in [1.82, 2.24) is 4.98 Å². The van der Waals surface area contributed by atoms with Crippen LogP contribution in [0.2, 0.25) is 0 Å². The van der Waals surface area contributed by atoms with E-state index in [1.165, 1.54) is 0 Å². The van der Waals surface area contributed by atoms with Gasteiger partial charge in [-0.2, -0.15) is 0 Å². The number of rotatable bonds is 1. The normalized spacial score (nSPS) is 19.9. The Labute approximate surface area is 112 Å². The monoisotopic (exact) mass is 347 g/mol. The van der Waals surface area contributed by atoms with Crippen molar-refractivity contribution in [2.75, 3.05) is 13.2 Å². The zero-order chi connectivity index (χ0) is 11.8.